The van der Waals surface area contributed by atoms with Crippen LogP contribution in [0.4, 0.5) is 0 Å². The summed E-state index contributed by atoms with van der Waals surface area (Å²) in [7, 11) is 0. The van der Waals surface area contributed by atoms with E-state index in [1.807, 2.05) is 29.5 Å². The van der Waals surface area contributed by atoms with Gasteiger partial charge in [0.25, 0.3) is 0 Å². The first-order valence-electron chi connectivity index (χ1n) is 8.33. The monoisotopic (exact) mass is 328 g/mol. The number of hydrogen-bond acceptors (Lipinski definition) is 3. The van der Waals surface area contributed by atoms with E-state index < -0.39 is 0 Å². The predicted octanol–water partition coefficient (Wildman–Crippen LogP) is 3.55. The van der Waals surface area contributed by atoms with Gasteiger partial charge < -0.3 is 5.32 Å². The van der Waals surface area contributed by atoms with Crippen molar-refractivity contribution in [2.45, 2.75) is 32.2 Å². The number of hydrogen-bond donors (Lipinski definition) is 1. The molecule has 0 radical (unpaired) electrons. The van der Waals surface area contributed by atoms with Crippen molar-refractivity contribution in [1.82, 2.24) is 10.2 Å². The maximum absolute atomic E-state index is 12.2. The summed E-state index contributed by atoms with van der Waals surface area (Å²) in [5.41, 5.74) is 1.26. The maximum Gasteiger partial charge on any atom is 0.234 e. The van der Waals surface area contributed by atoms with Crippen molar-refractivity contribution in [2.24, 2.45) is 0 Å². The lowest BCUT2D eigenvalue weighted by Crippen LogP contribution is -2.37. The van der Waals surface area contributed by atoms with Gasteiger partial charge in [0.2, 0.25) is 5.91 Å². The second-order valence-electron chi connectivity index (χ2n) is 6.16. The van der Waals surface area contributed by atoms with Gasteiger partial charge in [-0.1, -0.05) is 30.3 Å². The molecule has 1 aromatic carbocycles. The van der Waals surface area contributed by atoms with Gasteiger partial charge in [-0.25, -0.2) is 0 Å². The third-order valence-electron chi connectivity index (χ3n) is 4.38. The molecule has 1 aliphatic rings. The molecule has 2 heterocycles. The predicted molar refractivity (Wildman–Crippen MR) is 95.8 cm³/mol. The van der Waals surface area contributed by atoms with E-state index in [0.717, 1.165) is 19.4 Å². The Morgan fingerprint density at radius 1 is 1.26 bits per heavy atom. The van der Waals surface area contributed by atoms with Crippen LogP contribution in [0.2, 0.25) is 0 Å². The van der Waals surface area contributed by atoms with Gasteiger partial charge >= 0.3 is 0 Å². The molecular weight excluding hydrogens is 304 g/mol. The summed E-state index contributed by atoms with van der Waals surface area (Å²) in [4.78, 5) is 17.3. The lowest BCUT2D eigenvalue weighted by atomic mass is 10.1. The minimum absolute atomic E-state index is 0.140. The summed E-state index contributed by atoms with van der Waals surface area (Å²) in [6.07, 6.45) is 3.23. The van der Waals surface area contributed by atoms with E-state index in [9.17, 15) is 4.79 Å². The topological polar surface area (TPSA) is 32.3 Å². The Bertz CT molecular complexity index is 638. The summed E-state index contributed by atoms with van der Waals surface area (Å²) >= 11 is 1.86. The highest BCUT2D eigenvalue weighted by molar-refractivity contribution is 7.12. The van der Waals surface area contributed by atoms with Crippen LogP contribution >= 0.6 is 11.3 Å². The van der Waals surface area contributed by atoms with E-state index in [2.05, 4.69) is 41.4 Å². The lowest BCUT2D eigenvalue weighted by Gasteiger charge is -2.22. The lowest BCUT2D eigenvalue weighted by molar-refractivity contribution is -0.122. The van der Waals surface area contributed by atoms with E-state index in [1.165, 1.54) is 21.7 Å². The summed E-state index contributed by atoms with van der Waals surface area (Å²) in [5.74, 6) is 0.140. The molecule has 0 saturated carbocycles. The van der Waals surface area contributed by atoms with Crippen LogP contribution in [-0.2, 0) is 11.2 Å². The Kier molecular flexibility index (Phi) is 5.47. The highest BCUT2D eigenvalue weighted by atomic mass is 32.1. The van der Waals surface area contributed by atoms with Crippen molar-refractivity contribution in [3.8, 4) is 0 Å². The summed E-state index contributed by atoms with van der Waals surface area (Å²) < 4.78 is 0. The third-order valence-corrected chi connectivity index (χ3v) is 5.48. The molecule has 2 aromatic rings. The molecule has 3 rings (SSSR count). The van der Waals surface area contributed by atoms with Crippen molar-refractivity contribution >= 4 is 17.2 Å². The zero-order chi connectivity index (χ0) is 16.1. The molecule has 0 aliphatic carbocycles. The number of nitrogens with zero attached hydrogens (tertiary/aromatic N) is 1. The first-order chi connectivity index (χ1) is 11.2. The van der Waals surface area contributed by atoms with Gasteiger partial charge in [-0.05, 0) is 50.4 Å². The summed E-state index contributed by atoms with van der Waals surface area (Å²) in [6, 6.07) is 15.1. The molecule has 23 heavy (non-hydrogen) atoms. The van der Waals surface area contributed by atoms with Gasteiger partial charge in [-0.3, -0.25) is 9.69 Å². The third kappa shape index (κ3) is 4.43. The minimum atomic E-state index is 0.140. The second kappa shape index (κ2) is 7.75. The Morgan fingerprint density at radius 3 is 2.83 bits per heavy atom. The van der Waals surface area contributed by atoms with Crippen molar-refractivity contribution < 1.29 is 4.79 Å². The van der Waals surface area contributed by atoms with Gasteiger partial charge in [0.1, 0.15) is 0 Å². The molecule has 122 valence electrons. The van der Waals surface area contributed by atoms with Gasteiger partial charge in [0.05, 0.1) is 6.54 Å². The molecule has 1 aromatic heterocycles. The Morgan fingerprint density at radius 2 is 2.09 bits per heavy atom. The molecule has 1 N–H and O–H groups in total. The SMILES string of the molecule is Cc1ccc(C2CCCN2CC(=O)NCCc2ccccc2)s1. The smallest absolute Gasteiger partial charge is 0.234 e. The molecule has 1 aliphatic heterocycles. The average Bonchev–Trinajstić information content (AvgIpc) is 3.17. The van der Waals surface area contributed by atoms with Crippen molar-refractivity contribution in [3.05, 3.63) is 57.8 Å². The number of aryl methyl sites for hydroxylation is 1. The van der Waals surface area contributed by atoms with Gasteiger partial charge in [-0.2, -0.15) is 0 Å². The van der Waals surface area contributed by atoms with Gasteiger partial charge in [0, 0.05) is 22.3 Å². The number of carbonyl (C=O) groups excluding carboxylic acids is 1. The number of carbonyl (C=O) groups is 1. The molecule has 1 saturated heterocycles. The first-order valence-corrected chi connectivity index (χ1v) is 9.15. The summed E-state index contributed by atoms with van der Waals surface area (Å²) in [6.45, 7) is 4.38. The fraction of sp³-hybridized carbons (Fsp3) is 0.421. The zero-order valence-corrected chi connectivity index (χ0v) is 14.4. The molecule has 1 amide bonds. The van der Waals surface area contributed by atoms with E-state index in [4.69, 9.17) is 0 Å². The van der Waals surface area contributed by atoms with Crippen molar-refractivity contribution in [1.29, 1.82) is 0 Å². The van der Waals surface area contributed by atoms with Gasteiger partial charge in [-0.15, -0.1) is 11.3 Å². The van der Waals surface area contributed by atoms with Gasteiger partial charge in [0.15, 0.2) is 0 Å². The molecule has 0 spiro atoms. The molecular formula is C19H24N2OS. The van der Waals surface area contributed by atoms with Crippen LogP contribution in [0, 0.1) is 6.92 Å². The zero-order valence-electron chi connectivity index (χ0n) is 13.6. The Balaban J connectivity index is 1.47. The fourth-order valence-corrected chi connectivity index (χ4v) is 4.25. The van der Waals surface area contributed by atoms with Crippen LogP contribution in [-0.4, -0.2) is 30.4 Å². The van der Waals surface area contributed by atoms with Crippen LogP contribution in [0.5, 0.6) is 0 Å². The fourth-order valence-electron chi connectivity index (χ4n) is 3.20. The standard InChI is InChI=1S/C19H24N2OS/c1-15-9-10-18(23-15)17-8-5-13-21(17)14-19(22)20-12-11-16-6-3-2-4-7-16/h2-4,6-7,9-10,17H,5,8,11-14H2,1H3,(H,20,22). The first kappa shape index (κ1) is 16.2. The number of nitrogens with one attached hydrogen (secondary N) is 1. The molecule has 1 unspecified atom stereocenters. The number of benzene rings is 1. The number of likely N-dealkylation sites (tertiary alicyclic amines) is 1. The minimum Gasteiger partial charge on any atom is -0.355 e. The largest absolute Gasteiger partial charge is 0.355 e. The Hall–Kier alpha value is -1.65. The quantitative estimate of drug-likeness (QED) is 0.879. The molecule has 3 nitrogen and oxygen atoms in total. The number of thiophene rings is 1. The Labute approximate surface area is 142 Å². The van der Waals surface area contributed by atoms with Crippen LogP contribution in [0.1, 0.15) is 34.2 Å². The van der Waals surface area contributed by atoms with Crippen molar-refractivity contribution in [2.75, 3.05) is 19.6 Å². The number of amides is 1. The number of rotatable bonds is 6. The van der Waals surface area contributed by atoms with E-state index in [0.29, 0.717) is 19.1 Å². The molecule has 1 fully saturated rings. The average molecular weight is 328 g/mol. The van der Waals surface area contributed by atoms with Crippen LogP contribution in [0.3, 0.4) is 0 Å². The van der Waals surface area contributed by atoms with E-state index >= 15 is 0 Å². The van der Waals surface area contributed by atoms with Crippen LogP contribution in [0.25, 0.3) is 0 Å². The van der Waals surface area contributed by atoms with Crippen LogP contribution < -0.4 is 5.32 Å². The van der Waals surface area contributed by atoms with E-state index in [-0.39, 0.29) is 5.91 Å². The highest BCUT2D eigenvalue weighted by Gasteiger charge is 2.28. The molecule has 4 heteroatoms. The van der Waals surface area contributed by atoms with Crippen LogP contribution in [0.15, 0.2) is 42.5 Å². The van der Waals surface area contributed by atoms with Crippen molar-refractivity contribution in [3.63, 3.8) is 0 Å². The summed E-state index contributed by atoms with van der Waals surface area (Å²) in [5, 5.41) is 3.06. The molecule has 0 bridgehead atoms. The second-order valence-corrected chi connectivity index (χ2v) is 7.48. The van der Waals surface area contributed by atoms with E-state index in [1.54, 1.807) is 0 Å². The highest BCUT2D eigenvalue weighted by Crippen LogP contribution is 2.35. The normalized spacial score (nSPS) is 18.2. The molecule has 1 atom stereocenters. The maximum atomic E-state index is 12.2.